The summed E-state index contributed by atoms with van der Waals surface area (Å²) in [6, 6.07) is 21.8. The summed E-state index contributed by atoms with van der Waals surface area (Å²) in [5.74, 6) is 0. The molecule has 5 rings (SSSR count). The second-order valence-electron chi connectivity index (χ2n) is 8.94. The fourth-order valence-electron chi connectivity index (χ4n) is 5.07. The van der Waals surface area contributed by atoms with Crippen LogP contribution in [0.25, 0.3) is 33.5 Å². The Morgan fingerprint density at radius 3 is 2.33 bits per heavy atom. The highest BCUT2D eigenvalue weighted by molar-refractivity contribution is 5.87. The Kier molecular flexibility index (Phi) is 4.14. The van der Waals surface area contributed by atoms with Gasteiger partial charge in [-0.15, -0.1) is 0 Å². The van der Waals surface area contributed by atoms with Crippen molar-refractivity contribution >= 4 is 0 Å². The summed E-state index contributed by atoms with van der Waals surface area (Å²) < 4.78 is 2.28. The van der Waals surface area contributed by atoms with Gasteiger partial charge in [-0.1, -0.05) is 62.4 Å². The van der Waals surface area contributed by atoms with E-state index in [-0.39, 0.29) is 5.41 Å². The van der Waals surface area contributed by atoms with Crippen LogP contribution in [-0.4, -0.2) is 4.98 Å². The minimum Gasteiger partial charge on any atom is -0.260 e. The van der Waals surface area contributed by atoms with Crippen LogP contribution in [0.15, 0.2) is 73.1 Å². The zero-order valence-electron chi connectivity index (χ0n) is 18.3. The van der Waals surface area contributed by atoms with E-state index in [1.54, 1.807) is 0 Å². The van der Waals surface area contributed by atoms with E-state index >= 15 is 0 Å². The van der Waals surface area contributed by atoms with Crippen molar-refractivity contribution in [3.05, 3.63) is 95.4 Å². The smallest absolute Gasteiger partial charge is 0.213 e. The largest absolute Gasteiger partial charge is 0.260 e. The first-order valence-electron chi connectivity index (χ1n) is 10.6. The van der Waals surface area contributed by atoms with Gasteiger partial charge in [0.25, 0.3) is 0 Å². The number of aromatic nitrogens is 2. The number of rotatable bonds is 2. The molecule has 0 amide bonds. The third-order valence-electron chi connectivity index (χ3n) is 6.55. The lowest BCUT2D eigenvalue weighted by atomic mass is 9.80. The molecule has 0 unspecified atom stereocenters. The first-order valence-corrected chi connectivity index (χ1v) is 10.6. The number of hydrogen-bond donors (Lipinski definition) is 0. The summed E-state index contributed by atoms with van der Waals surface area (Å²) in [5.41, 5.74) is 12.7. The van der Waals surface area contributed by atoms with Crippen LogP contribution in [-0.2, 0) is 12.5 Å². The molecule has 0 saturated heterocycles. The molecule has 2 aromatic heterocycles. The van der Waals surface area contributed by atoms with Gasteiger partial charge in [-0.05, 0) is 47.7 Å². The summed E-state index contributed by atoms with van der Waals surface area (Å²) in [6.07, 6.45) is 4.18. The van der Waals surface area contributed by atoms with E-state index in [0.717, 1.165) is 0 Å². The first-order chi connectivity index (χ1) is 14.4. The molecule has 4 aromatic rings. The monoisotopic (exact) mass is 391 g/mol. The fraction of sp³-hybridized carbons (Fsp3) is 0.214. The molecule has 2 nitrogen and oxygen atoms in total. The van der Waals surface area contributed by atoms with Crippen molar-refractivity contribution in [3.63, 3.8) is 0 Å². The topological polar surface area (TPSA) is 16.8 Å². The van der Waals surface area contributed by atoms with Crippen molar-refractivity contribution in [2.45, 2.75) is 33.1 Å². The Hall–Kier alpha value is -3.26. The molecule has 1 aliphatic carbocycles. The van der Waals surface area contributed by atoms with Crippen LogP contribution >= 0.6 is 0 Å². The average Bonchev–Trinajstić information content (AvgIpc) is 2.98. The molecule has 0 N–H and O–H groups in total. The SMILES string of the molecule is Cc1cc(-c2c(C)ccc3c2C(C)(C)c2ncccc2-3)[n+](C)cc1-c1ccccc1. The standard InChI is InChI=1S/C28H27N2/c1-18-13-14-21-22-12-9-15-29-27(22)28(3,4)26(21)25(18)24-16-19(2)23(17-30(24)5)20-10-7-6-8-11-20/h6-17H,1-5H3/q+1. The molecule has 2 aromatic carbocycles. The molecule has 0 saturated carbocycles. The highest BCUT2D eigenvalue weighted by atomic mass is 14.9. The van der Waals surface area contributed by atoms with Crippen LogP contribution in [0, 0.1) is 13.8 Å². The number of fused-ring (bicyclic) bond motifs is 3. The van der Waals surface area contributed by atoms with Gasteiger partial charge in [0.05, 0.1) is 11.3 Å². The van der Waals surface area contributed by atoms with E-state index in [1.165, 1.54) is 55.9 Å². The minimum absolute atomic E-state index is 0.133. The molecule has 1 aliphatic rings. The fourth-order valence-corrected chi connectivity index (χ4v) is 5.07. The van der Waals surface area contributed by atoms with Gasteiger partial charge in [-0.2, -0.15) is 0 Å². The summed E-state index contributed by atoms with van der Waals surface area (Å²) in [4.78, 5) is 4.78. The highest BCUT2D eigenvalue weighted by Crippen LogP contribution is 2.51. The van der Waals surface area contributed by atoms with Gasteiger partial charge in [0.2, 0.25) is 5.69 Å². The van der Waals surface area contributed by atoms with Crippen LogP contribution in [0.2, 0.25) is 0 Å². The number of aryl methyl sites for hydroxylation is 3. The van der Waals surface area contributed by atoms with Gasteiger partial charge in [0.15, 0.2) is 6.20 Å². The quantitative estimate of drug-likeness (QED) is 0.374. The van der Waals surface area contributed by atoms with Gasteiger partial charge < -0.3 is 0 Å². The van der Waals surface area contributed by atoms with Crippen molar-refractivity contribution in [3.8, 4) is 33.5 Å². The molecular weight excluding hydrogens is 364 g/mol. The van der Waals surface area contributed by atoms with Crippen molar-refractivity contribution in [1.82, 2.24) is 4.98 Å². The van der Waals surface area contributed by atoms with Crippen molar-refractivity contribution < 1.29 is 4.57 Å². The number of benzene rings is 2. The maximum atomic E-state index is 4.78. The number of pyridine rings is 2. The van der Waals surface area contributed by atoms with E-state index < -0.39 is 0 Å². The molecule has 30 heavy (non-hydrogen) atoms. The maximum absolute atomic E-state index is 4.78. The van der Waals surface area contributed by atoms with Crippen molar-refractivity contribution in [2.24, 2.45) is 7.05 Å². The van der Waals surface area contributed by atoms with Crippen LogP contribution in [0.3, 0.4) is 0 Å². The van der Waals surface area contributed by atoms with Crippen molar-refractivity contribution in [2.75, 3.05) is 0 Å². The predicted octanol–water partition coefficient (Wildman–Crippen LogP) is 6.16. The van der Waals surface area contributed by atoms with Gasteiger partial charge in [-0.25, -0.2) is 4.57 Å². The molecule has 0 radical (unpaired) electrons. The molecule has 148 valence electrons. The first kappa shape index (κ1) is 18.7. The van der Waals surface area contributed by atoms with E-state index in [2.05, 4.69) is 100 Å². The Morgan fingerprint density at radius 2 is 1.57 bits per heavy atom. The van der Waals surface area contributed by atoms with E-state index in [0.29, 0.717) is 0 Å². The van der Waals surface area contributed by atoms with Crippen LogP contribution in [0.5, 0.6) is 0 Å². The number of hydrogen-bond acceptors (Lipinski definition) is 1. The van der Waals surface area contributed by atoms with Crippen molar-refractivity contribution in [1.29, 1.82) is 0 Å². The molecule has 2 heteroatoms. The lowest BCUT2D eigenvalue weighted by Crippen LogP contribution is -2.32. The highest BCUT2D eigenvalue weighted by Gasteiger charge is 2.40. The Bertz CT molecular complexity index is 1280. The maximum Gasteiger partial charge on any atom is 0.213 e. The Labute approximate surface area is 178 Å². The van der Waals surface area contributed by atoms with Gasteiger partial charge in [0.1, 0.15) is 7.05 Å². The molecule has 0 spiro atoms. The Balaban J connectivity index is 1.77. The molecule has 0 atom stereocenters. The van der Waals surface area contributed by atoms with Crippen LogP contribution in [0.1, 0.15) is 36.2 Å². The summed E-state index contributed by atoms with van der Waals surface area (Å²) >= 11 is 0. The third kappa shape index (κ3) is 2.64. The van der Waals surface area contributed by atoms with Gasteiger partial charge in [0, 0.05) is 28.8 Å². The molecule has 0 fully saturated rings. The van der Waals surface area contributed by atoms with Crippen LogP contribution < -0.4 is 4.57 Å². The number of nitrogens with zero attached hydrogens (tertiary/aromatic N) is 2. The normalized spacial score (nSPS) is 13.8. The molecule has 2 heterocycles. The average molecular weight is 392 g/mol. The zero-order valence-corrected chi connectivity index (χ0v) is 18.3. The predicted molar refractivity (Wildman–Crippen MR) is 123 cm³/mol. The van der Waals surface area contributed by atoms with E-state index in [4.69, 9.17) is 4.98 Å². The molecule has 0 bridgehead atoms. The lowest BCUT2D eigenvalue weighted by molar-refractivity contribution is -0.660. The summed E-state index contributed by atoms with van der Waals surface area (Å²) in [6.45, 7) is 9.05. The van der Waals surface area contributed by atoms with E-state index in [1.807, 2.05) is 12.3 Å². The van der Waals surface area contributed by atoms with E-state index in [9.17, 15) is 0 Å². The second-order valence-corrected chi connectivity index (χ2v) is 8.94. The Morgan fingerprint density at radius 1 is 0.800 bits per heavy atom. The summed E-state index contributed by atoms with van der Waals surface area (Å²) in [5, 5.41) is 0. The molecule has 0 aliphatic heterocycles. The third-order valence-corrected chi connectivity index (χ3v) is 6.55. The van der Waals surface area contributed by atoms with Gasteiger partial charge >= 0.3 is 0 Å². The van der Waals surface area contributed by atoms with Gasteiger partial charge in [-0.3, -0.25) is 4.98 Å². The second kappa shape index (κ2) is 6.63. The summed E-state index contributed by atoms with van der Waals surface area (Å²) in [7, 11) is 2.16. The lowest BCUT2D eigenvalue weighted by Gasteiger charge is -2.24. The molecular formula is C28H27N2+. The zero-order chi connectivity index (χ0) is 21.0. The minimum atomic E-state index is -0.133. The van der Waals surface area contributed by atoms with Crippen LogP contribution in [0.4, 0.5) is 0 Å².